The molecule has 1 aromatic rings. The van der Waals surface area contributed by atoms with Crippen LogP contribution in [-0.2, 0) is 19.1 Å². The summed E-state index contributed by atoms with van der Waals surface area (Å²) < 4.78 is 16.4. The molecule has 3 aliphatic rings. The van der Waals surface area contributed by atoms with Gasteiger partial charge in [-0.1, -0.05) is 20.8 Å². The minimum atomic E-state index is -0.462. The molecule has 0 spiro atoms. The third kappa shape index (κ3) is 2.64. The van der Waals surface area contributed by atoms with Crippen molar-refractivity contribution in [1.82, 2.24) is 0 Å². The Hall–Kier alpha value is -2.11. The second-order valence-electron chi connectivity index (χ2n) is 9.30. The van der Waals surface area contributed by atoms with E-state index in [9.17, 15) is 14.4 Å². The van der Waals surface area contributed by atoms with Crippen molar-refractivity contribution in [3.8, 4) is 0 Å². The number of rotatable bonds is 4. The first-order valence-electron chi connectivity index (χ1n) is 10.1. The number of carbonyl (C=O) groups is 3. The SMILES string of the molecule is CC(=O)O[C@H]1CC[C@@H]2[C@](C)(CC(=O)c3ccoc3)[C@H](C)C[C@@H]3OC(=O)[C@H]1[C@]32C. The Labute approximate surface area is 164 Å². The van der Waals surface area contributed by atoms with Gasteiger partial charge in [-0.15, -0.1) is 0 Å². The van der Waals surface area contributed by atoms with Crippen molar-refractivity contribution in [3.05, 3.63) is 24.2 Å². The lowest BCUT2D eigenvalue weighted by atomic mass is 9.44. The Kier molecular flexibility index (Phi) is 4.43. The second-order valence-corrected chi connectivity index (χ2v) is 9.30. The predicted octanol–water partition coefficient (Wildman–Crippen LogP) is 3.79. The van der Waals surface area contributed by atoms with Crippen LogP contribution >= 0.6 is 0 Å². The first-order chi connectivity index (χ1) is 13.2. The molecule has 0 aromatic carbocycles. The highest BCUT2D eigenvalue weighted by molar-refractivity contribution is 5.96. The quantitative estimate of drug-likeness (QED) is 0.576. The van der Waals surface area contributed by atoms with Crippen LogP contribution in [0.2, 0.25) is 0 Å². The highest BCUT2D eigenvalue weighted by atomic mass is 16.6. The molecule has 4 rings (SSSR count). The largest absolute Gasteiger partial charge is 0.472 e. The van der Waals surface area contributed by atoms with Gasteiger partial charge in [0.05, 0.1) is 11.8 Å². The molecule has 0 N–H and O–H groups in total. The van der Waals surface area contributed by atoms with E-state index < -0.39 is 17.4 Å². The fourth-order valence-electron chi connectivity index (χ4n) is 6.38. The Morgan fingerprint density at radius 2 is 2.04 bits per heavy atom. The van der Waals surface area contributed by atoms with E-state index in [1.165, 1.54) is 19.5 Å². The topological polar surface area (TPSA) is 82.8 Å². The molecule has 28 heavy (non-hydrogen) atoms. The molecule has 1 saturated heterocycles. The molecule has 2 saturated carbocycles. The zero-order valence-corrected chi connectivity index (χ0v) is 16.9. The standard InChI is InChI=1S/C22H28O6/c1-12-9-18-22(4)17(21(12,3)10-15(24)14-7-8-26-11-14)6-5-16(27-13(2)23)19(22)20(25)28-18/h7-8,11-12,16-19H,5-6,9-10H2,1-4H3/t12-,16+,17-,18+,19+,21-,22+/m1/s1. The fraction of sp³-hybridized carbons (Fsp3) is 0.682. The maximum absolute atomic E-state index is 12.9. The molecule has 2 heterocycles. The van der Waals surface area contributed by atoms with Gasteiger partial charge in [0.25, 0.3) is 0 Å². The summed E-state index contributed by atoms with van der Waals surface area (Å²) in [7, 11) is 0. The smallest absolute Gasteiger partial charge is 0.313 e. The van der Waals surface area contributed by atoms with Crippen molar-refractivity contribution in [3.63, 3.8) is 0 Å². The zero-order chi connectivity index (χ0) is 20.3. The highest BCUT2D eigenvalue weighted by Crippen LogP contribution is 2.66. The number of furan rings is 1. The normalized spacial score (nSPS) is 41.9. The molecule has 1 aromatic heterocycles. The highest BCUT2D eigenvalue weighted by Gasteiger charge is 2.69. The molecule has 7 atom stereocenters. The third-order valence-corrected chi connectivity index (χ3v) is 7.93. The van der Waals surface area contributed by atoms with Crippen LogP contribution < -0.4 is 0 Å². The van der Waals surface area contributed by atoms with Crippen molar-refractivity contribution in [2.45, 2.75) is 65.6 Å². The van der Waals surface area contributed by atoms with E-state index >= 15 is 0 Å². The predicted molar refractivity (Wildman–Crippen MR) is 99.3 cm³/mol. The van der Waals surface area contributed by atoms with Crippen molar-refractivity contribution in [2.75, 3.05) is 0 Å². The molecule has 0 amide bonds. The molecule has 6 heteroatoms. The number of ether oxygens (including phenoxy) is 2. The minimum Gasteiger partial charge on any atom is -0.472 e. The van der Waals surface area contributed by atoms with E-state index in [1.807, 2.05) is 0 Å². The molecule has 3 fully saturated rings. The molecule has 0 bridgehead atoms. The second kappa shape index (κ2) is 6.46. The molecular weight excluding hydrogens is 360 g/mol. The van der Waals surface area contributed by atoms with Crippen LogP contribution in [0.5, 0.6) is 0 Å². The van der Waals surface area contributed by atoms with Gasteiger partial charge in [-0.05, 0) is 42.6 Å². The Morgan fingerprint density at radius 3 is 2.68 bits per heavy atom. The van der Waals surface area contributed by atoms with Gasteiger partial charge in [-0.25, -0.2) is 0 Å². The monoisotopic (exact) mass is 388 g/mol. The molecule has 152 valence electrons. The number of hydrogen-bond acceptors (Lipinski definition) is 6. The summed E-state index contributed by atoms with van der Waals surface area (Å²) in [5.41, 5.74) is -0.120. The van der Waals surface area contributed by atoms with Gasteiger partial charge < -0.3 is 13.9 Å². The van der Waals surface area contributed by atoms with Crippen LogP contribution in [0.15, 0.2) is 23.0 Å². The summed E-state index contributed by atoms with van der Waals surface area (Å²) in [6.45, 7) is 7.80. The fourth-order valence-corrected chi connectivity index (χ4v) is 6.38. The number of Topliss-reactive ketones (excluding diaryl/α,β-unsaturated/α-hetero) is 1. The lowest BCUT2D eigenvalue weighted by Crippen LogP contribution is -2.60. The summed E-state index contributed by atoms with van der Waals surface area (Å²) in [6, 6.07) is 1.70. The molecule has 2 aliphatic carbocycles. The lowest BCUT2D eigenvalue weighted by molar-refractivity contribution is -0.174. The maximum atomic E-state index is 12.9. The molecule has 6 nitrogen and oxygen atoms in total. The van der Waals surface area contributed by atoms with E-state index in [-0.39, 0.29) is 41.1 Å². The van der Waals surface area contributed by atoms with Crippen LogP contribution in [0.1, 0.15) is 63.7 Å². The molecule has 0 radical (unpaired) electrons. The van der Waals surface area contributed by atoms with Gasteiger partial charge in [-0.3, -0.25) is 14.4 Å². The number of ketones is 1. The first-order valence-corrected chi connectivity index (χ1v) is 10.1. The van der Waals surface area contributed by atoms with Crippen LogP contribution in [-0.4, -0.2) is 29.9 Å². The minimum absolute atomic E-state index is 0.0639. The van der Waals surface area contributed by atoms with Gasteiger partial charge in [0.1, 0.15) is 24.4 Å². The summed E-state index contributed by atoms with van der Waals surface area (Å²) in [5, 5.41) is 0. The van der Waals surface area contributed by atoms with Gasteiger partial charge in [-0.2, -0.15) is 0 Å². The Morgan fingerprint density at radius 1 is 1.29 bits per heavy atom. The van der Waals surface area contributed by atoms with Crippen LogP contribution in [0, 0.1) is 28.6 Å². The zero-order valence-electron chi connectivity index (χ0n) is 16.9. The number of esters is 2. The maximum Gasteiger partial charge on any atom is 0.313 e. The van der Waals surface area contributed by atoms with E-state index in [0.717, 1.165) is 12.8 Å². The van der Waals surface area contributed by atoms with Crippen molar-refractivity contribution >= 4 is 17.7 Å². The van der Waals surface area contributed by atoms with E-state index in [0.29, 0.717) is 18.4 Å². The van der Waals surface area contributed by atoms with Crippen molar-refractivity contribution in [2.24, 2.45) is 28.6 Å². The van der Waals surface area contributed by atoms with Crippen molar-refractivity contribution < 1.29 is 28.3 Å². The summed E-state index contributed by atoms with van der Waals surface area (Å²) in [6.07, 6.45) is 4.91. The third-order valence-electron chi connectivity index (χ3n) is 7.93. The average molecular weight is 388 g/mol. The van der Waals surface area contributed by atoms with E-state index in [2.05, 4.69) is 20.8 Å². The lowest BCUT2D eigenvalue weighted by Gasteiger charge is -2.59. The molecular formula is C22H28O6. The van der Waals surface area contributed by atoms with Crippen LogP contribution in [0.3, 0.4) is 0 Å². The Balaban J connectivity index is 1.69. The van der Waals surface area contributed by atoms with Gasteiger partial charge in [0.15, 0.2) is 5.78 Å². The summed E-state index contributed by atoms with van der Waals surface area (Å²) in [4.78, 5) is 37.3. The number of hydrogen-bond donors (Lipinski definition) is 0. The number of carbonyl (C=O) groups excluding carboxylic acids is 3. The van der Waals surface area contributed by atoms with Gasteiger partial charge in [0, 0.05) is 18.8 Å². The Bertz CT molecular complexity index is 798. The summed E-state index contributed by atoms with van der Waals surface area (Å²) in [5.74, 6) is -0.674. The van der Waals surface area contributed by atoms with Gasteiger partial charge >= 0.3 is 11.9 Å². The van der Waals surface area contributed by atoms with E-state index in [1.54, 1.807) is 6.07 Å². The average Bonchev–Trinajstić information content (AvgIpc) is 3.21. The van der Waals surface area contributed by atoms with Crippen LogP contribution in [0.25, 0.3) is 0 Å². The van der Waals surface area contributed by atoms with E-state index in [4.69, 9.17) is 13.9 Å². The molecule has 0 unspecified atom stereocenters. The molecule has 1 aliphatic heterocycles. The van der Waals surface area contributed by atoms with Crippen LogP contribution in [0.4, 0.5) is 0 Å². The first kappa shape index (κ1) is 19.2. The summed E-state index contributed by atoms with van der Waals surface area (Å²) >= 11 is 0. The van der Waals surface area contributed by atoms with Crippen molar-refractivity contribution in [1.29, 1.82) is 0 Å². The van der Waals surface area contributed by atoms with Gasteiger partial charge in [0.2, 0.25) is 0 Å².